The molecule has 122 valence electrons. The summed E-state index contributed by atoms with van der Waals surface area (Å²) in [6.07, 6.45) is 1.27. The molecule has 0 aromatic heterocycles. The Morgan fingerprint density at radius 2 is 2.10 bits per heavy atom. The molecule has 0 aliphatic carbocycles. The lowest BCUT2D eigenvalue weighted by Gasteiger charge is -2.25. The molecule has 1 heterocycles. The quantitative estimate of drug-likeness (QED) is 0.726. The molecule has 1 saturated heterocycles. The molecule has 0 radical (unpaired) electrons. The first-order valence-corrected chi connectivity index (χ1v) is 8.63. The highest BCUT2D eigenvalue weighted by Gasteiger charge is 2.31. The predicted molar refractivity (Wildman–Crippen MR) is 82.0 cm³/mol. The fourth-order valence-corrected chi connectivity index (χ4v) is 2.49. The van der Waals surface area contributed by atoms with E-state index in [2.05, 4.69) is 0 Å². The molecule has 2 unspecified atom stereocenters. The van der Waals surface area contributed by atoms with Crippen molar-refractivity contribution < 1.29 is 23.8 Å². The van der Waals surface area contributed by atoms with Crippen molar-refractivity contribution in [3.63, 3.8) is 0 Å². The second-order valence-electron chi connectivity index (χ2n) is 5.80. The van der Waals surface area contributed by atoms with Crippen molar-refractivity contribution in [2.45, 2.75) is 59.4 Å². The maximum atomic E-state index is 12.0. The zero-order valence-electron chi connectivity index (χ0n) is 13.3. The van der Waals surface area contributed by atoms with E-state index in [1.807, 2.05) is 6.92 Å². The van der Waals surface area contributed by atoms with E-state index in [0.29, 0.717) is 18.8 Å². The van der Waals surface area contributed by atoms with Crippen LogP contribution in [0.2, 0.25) is 0 Å². The smallest absolute Gasteiger partial charge is 0.349 e. The van der Waals surface area contributed by atoms with Crippen LogP contribution in [0.5, 0.6) is 0 Å². The van der Waals surface area contributed by atoms with Gasteiger partial charge in [-0.05, 0) is 45.8 Å². The Bertz CT molecular complexity index is 348. The van der Waals surface area contributed by atoms with Crippen molar-refractivity contribution in [2.24, 2.45) is 5.41 Å². The molecule has 1 fully saturated rings. The van der Waals surface area contributed by atoms with Crippen molar-refractivity contribution in [2.75, 3.05) is 18.1 Å². The molecule has 0 aromatic carbocycles. The SMILES string of the molecule is CCC(C)(C)C(=O)OC(C)C(=O)OC1CSCCCCO1. The first-order chi connectivity index (χ1) is 9.86. The van der Waals surface area contributed by atoms with Crippen LogP contribution in [0, 0.1) is 5.41 Å². The van der Waals surface area contributed by atoms with Crippen LogP contribution < -0.4 is 0 Å². The van der Waals surface area contributed by atoms with Crippen LogP contribution >= 0.6 is 11.8 Å². The maximum Gasteiger partial charge on any atom is 0.349 e. The van der Waals surface area contributed by atoms with Gasteiger partial charge >= 0.3 is 11.9 Å². The van der Waals surface area contributed by atoms with Crippen molar-refractivity contribution in [1.82, 2.24) is 0 Å². The minimum absolute atomic E-state index is 0.387. The van der Waals surface area contributed by atoms with Crippen LogP contribution in [0.4, 0.5) is 0 Å². The molecule has 6 heteroatoms. The van der Waals surface area contributed by atoms with E-state index in [0.717, 1.165) is 18.6 Å². The molecule has 0 saturated carbocycles. The molecule has 21 heavy (non-hydrogen) atoms. The van der Waals surface area contributed by atoms with E-state index in [1.165, 1.54) is 6.92 Å². The lowest BCUT2D eigenvalue weighted by Crippen LogP contribution is -2.36. The highest BCUT2D eigenvalue weighted by atomic mass is 32.2. The molecule has 0 amide bonds. The van der Waals surface area contributed by atoms with Crippen molar-refractivity contribution in [3.8, 4) is 0 Å². The van der Waals surface area contributed by atoms with Crippen LogP contribution in [-0.2, 0) is 23.8 Å². The fraction of sp³-hybridized carbons (Fsp3) is 0.867. The number of hydrogen-bond donors (Lipinski definition) is 0. The molecule has 0 bridgehead atoms. The van der Waals surface area contributed by atoms with Gasteiger partial charge in [-0.25, -0.2) is 4.79 Å². The fourth-order valence-electron chi connectivity index (χ4n) is 1.55. The standard InChI is InChI=1S/C15H26O5S/c1-5-15(3,4)14(17)19-11(2)13(16)20-12-10-21-9-7-6-8-18-12/h11-12H,5-10H2,1-4H3. The molecule has 5 nitrogen and oxygen atoms in total. The average molecular weight is 318 g/mol. The summed E-state index contributed by atoms with van der Waals surface area (Å²) in [6, 6.07) is 0. The number of ether oxygens (including phenoxy) is 3. The summed E-state index contributed by atoms with van der Waals surface area (Å²) in [7, 11) is 0. The molecule has 1 rings (SSSR count). The van der Waals surface area contributed by atoms with Gasteiger partial charge in [-0.3, -0.25) is 4.79 Å². The summed E-state index contributed by atoms with van der Waals surface area (Å²) in [5.74, 6) is 0.725. The van der Waals surface area contributed by atoms with Gasteiger partial charge in [0, 0.05) is 0 Å². The van der Waals surface area contributed by atoms with Gasteiger partial charge in [-0.1, -0.05) is 6.92 Å². The number of thioether (sulfide) groups is 1. The van der Waals surface area contributed by atoms with Crippen molar-refractivity contribution >= 4 is 23.7 Å². The first-order valence-electron chi connectivity index (χ1n) is 7.47. The molecule has 1 aliphatic rings. The summed E-state index contributed by atoms with van der Waals surface area (Å²) >= 11 is 1.70. The van der Waals surface area contributed by atoms with E-state index in [-0.39, 0.29) is 5.97 Å². The maximum absolute atomic E-state index is 12.0. The molecular weight excluding hydrogens is 292 g/mol. The highest BCUT2D eigenvalue weighted by molar-refractivity contribution is 7.99. The average Bonchev–Trinajstić information content (AvgIpc) is 2.41. The highest BCUT2D eigenvalue weighted by Crippen LogP contribution is 2.22. The number of esters is 2. The van der Waals surface area contributed by atoms with Gasteiger partial charge in [0.05, 0.1) is 17.8 Å². The lowest BCUT2D eigenvalue weighted by atomic mass is 9.91. The molecule has 0 spiro atoms. The molecule has 0 N–H and O–H groups in total. The third kappa shape index (κ3) is 6.26. The summed E-state index contributed by atoms with van der Waals surface area (Å²) in [5, 5.41) is 0. The molecule has 2 atom stereocenters. The van der Waals surface area contributed by atoms with Gasteiger partial charge in [-0.2, -0.15) is 11.8 Å². The summed E-state index contributed by atoms with van der Waals surface area (Å²) in [6.45, 7) is 7.62. The zero-order valence-corrected chi connectivity index (χ0v) is 14.2. The molecule has 1 aliphatic heterocycles. The first kappa shape index (κ1) is 18.3. The van der Waals surface area contributed by atoms with Crippen LogP contribution in [0.25, 0.3) is 0 Å². The Labute approximate surface area is 131 Å². The minimum Gasteiger partial charge on any atom is -0.450 e. The van der Waals surface area contributed by atoms with Gasteiger partial charge in [0.2, 0.25) is 6.29 Å². The lowest BCUT2D eigenvalue weighted by molar-refractivity contribution is -0.190. The number of hydrogen-bond acceptors (Lipinski definition) is 6. The van der Waals surface area contributed by atoms with Crippen molar-refractivity contribution in [1.29, 1.82) is 0 Å². The molecular formula is C15H26O5S. The normalized spacial score (nSPS) is 21.8. The van der Waals surface area contributed by atoms with Gasteiger partial charge in [0.15, 0.2) is 6.10 Å². The largest absolute Gasteiger partial charge is 0.450 e. The van der Waals surface area contributed by atoms with E-state index in [1.54, 1.807) is 25.6 Å². The number of carbonyl (C=O) groups is 2. The second-order valence-corrected chi connectivity index (χ2v) is 6.95. The van der Waals surface area contributed by atoms with Crippen LogP contribution in [-0.4, -0.2) is 42.4 Å². The van der Waals surface area contributed by atoms with E-state index in [9.17, 15) is 9.59 Å². The zero-order chi connectivity index (χ0) is 15.9. The third-order valence-corrected chi connectivity index (χ3v) is 4.63. The Kier molecular flexibility index (Phi) is 7.52. The second kappa shape index (κ2) is 8.63. The van der Waals surface area contributed by atoms with E-state index >= 15 is 0 Å². The summed E-state index contributed by atoms with van der Waals surface area (Å²) in [4.78, 5) is 23.9. The van der Waals surface area contributed by atoms with Gasteiger partial charge in [0.1, 0.15) is 0 Å². The van der Waals surface area contributed by atoms with Crippen LogP contribution in [0.3, 0.4) is 0 Å². The van der Waals surface area contributed by atoms with Gasteiger partial charge in [0.25, 0.3) is 0 Å². The monoisotopic (exact) mass is 318 g/mol. The van der Waals surface area contributed by atoms with Crippen molar-refractivity contribution in [3.05, 3.63) is 0 Å². The Balaban J connectivity index is 2.44. The summed E-state index contributed by atoms with van der Waals surface area (Å²) in [5.41, 5.74) is -0.596. The number of rotatable bonds is 5. The Morgan fingerprint density at radius 1 is 1.38 bits per heavy atom. The summed E-state index contributed by atoms with van der Waals surface area (Å²) < 4.78 is 16.0. The van der Waals surface area contributed by atoms with Crippen LogP contribution in [0.15, 0.2) is 0 Å². The third-order valence-electron chi connectivity index (χ3n) is 3.54. The topological polar surface area (TPSA) is 61.8 Å². The number of carbonyl (C=O) groups excluding carboxylic acids is 2. The minimum atomic E-state index is -0.914. The predicted octanol–water partition coefficient (Wildman–Crippen LogP) is 2.77. The van der Waals surface area contributed by atoms with E-state index < -0.39 is 23.8 Å². The molecule has 0 aromatic rings. The van der Waals surface area contributed by atoms with Crippen LogP contribution in [0.1, 0.15) is 47.0 Å². The Hall–Kier alpha value is -0.750. The van der Waals surface area contributed by atoms with E-state index in [4.69, 9.17) is 14.2 Å². The Morgan fingerprint density at radius 3 is 2.76 bits per heavy atom. The van der Waals surface area contributed by atoms with Gasteiger partial charge < -0.3 is 14.2 Å². The van der Waals surface area contributed by atoms with Gasteiger partial charge in [-0.15, -0.1) is 0 Å².